The topological polar surface area (TPSA) is 52.6 Å². The number of hydrogen-bond acceptors (Lipinski definition) is 4. The fourth-order valence-corrected chi connectivity index (χ4v) is 0.670. The summed E-state index contributed by atoms with van der Waals surface area (Å²) in [5.74, 6) is 0. The molecule has 0 aromatic carbocycles. The lowest BCUT2D eigenvalue weighted by Gasteiger charge is -1.99. The Morgan fingerprint density at radius 2 is 2.62 bits per heavy atom. The molecule has 8 heavy (non-hydrogen) atoms. The van der Waals surface area contributed by atoms with Crippen molar-refractivity contribution in [3.05, 3.63) is 0 Å². The van der Waals surface area contributed by atoms with E-state index in [9.17, 15) is 4.79 Å². The van der Waals surface area contributed by atoms with Crippen molar-refractivity contribution in [3.8, 4) is 0 Å². The molecule has 0 aromatic heterocycles. The molecule has 4 nitrogen and oxygen atoms in total. The van der Waals surface area contributed by atoms with Crippen LogP contribution >= 0.6 is 0 Å². The average Bonchev–Trinajstić information content (AvgIpc) is 2.14. The first-order valence-electron chi connectivity index (χ1n) is 2.45. The molecule has 0 spiro atoms. The van der Waals surface area contributed by atoms with Crippen LogP contribution in [0.15, 0.2) is 0 Å². The average molecular weight is 116 g/mol. The zero-order valence-corrected chi connectivity index (χ0v) is 4.37. The quantitative estimate of drug-likeness (QED) is 0.423. The van der Waals surface area contributed by atoms with Gasteiger partial charge in [-0.2, -0.15) is 5.06 Å². The molecule has 0 saturated carbocycles. The molecule has 0 bridgehead atoms. The van der Waals surface area contributed by atoms with E-state index >= 15 is 0 Å². The van der Waals surface area contributed by atoms with E-state index in [1.807, 2.05) is 0 Å². The van der Waals surface area contributed by atoms with Crippen LogP contribution in [0.3, 0.4) is 0 Å². The Labute approximate surface area is 47.0 Å². The summed E-state index contributed by atoms with van der Waals surface area (Å²) in [4.78, 5) is 9.95. The number of hydrogen-bond donors (Lipinski definition) is 2. The van der Waals surface area contributed by atoms with Crippen molar-refractivity contribution < 1.29 is 10.0 Å². The highest BCUT2D eigenvalue weighted by molar-refractivity contribution is 5.58. The highest BCUT2D eigenvalue weighted by Gasteiger charge is 2.18. The van der Waals surface area contributed by atoms with Crippen molar-refractivity contribution in [2.45, 2.75) is 6.04 Å². The van der Waals surface area contributed by atoms with Gasteiger partial charge in [-0.1, -0.05) is 0 Å². The molecule has 1 rings (SSSR count). The molecule has 0 amide bonds. The Morgan fingerprint density at radius 3 is 2.88 bits per heavy atom. The van der Waals surface area contributed by atoms with E-state index in [0.717, 1.165) is 11.3 Å². The Hall–Kier alpha value is -0.450. The van der Waals surface area contributed by atoms with E-state index in [1.54, 1.807) is 0 Å². The van der Waals surface area contributed by atoms with Crippen LogP contribution in [0.5, 0.6) is 0 Å². The zero-order chi connectivity index (χ0) is 5.98. The lowest BCUT2D eigenvalue weighted by Crippen LogP contribution is -2.24. The van der Waals surface area contributed by atoms with Crippen molar-refractivity contribution in [1.82, 2.24) is 10.4 Å². The van der Waals surface area contributed by atoms with Gasteiger partial charge in [-0.05, 0) is 0 Å². The molecule has 1 heterocycles. The molecular formula is C4H8N2O2. The van der Waals surface area contributed by atoms with Crippen LogP contribution in [-0.2, 0) is 4.79 Å². The van der Waals surface area contributed by atoms with E-state index in [2.05, 4.69) is 5.32 Å². The minimum absolute atomic E-state index is 0.181. The van der Waals surface area contributed by atoms with Crippen LogP contribution in [0, 0.1) is 0 Å². The minimum atomic E-state index is -0.181. The van der Waals surface area contributed by atoms with Crippen molar-refractivity contribution in [2.24, 2.45) is 0 Å². The van der Waals surface area contributed by atoms with E-state index in [0.29, 0.717) is 13.2 Å². The molecule has 4 heteroatoms. The predicted molar refractivity (Wildman–Crippen MR) is 26.3 cm³/mol. The fourth-order valence-electron chi connectivity index (χ4n) is 0.670. The standard InChI is InChI=1S/C4H8N2O2/c7-2-4-1-6(8)3-5-4/h2,4-5,8H,1,3H2. The third-order valence-electron chi connectivity index (χ3n) is 1.11. The molecule has 0 radical (unpaired) electrons. The van der Waals surface area contributed by atoms with Crippen LogP contribution in [0.1, 0.15) is 0 Å². The van der Waals surface area contributed by atoms with Gasteiger partial charge in [-0.25, -0.2) is 0 Å². The number of nitrogens with zero attached hydrogens (tertiary/aromatic N) is 1. The van der Waals surface area contributed by atoms with Gasteiger partial charge in [0.25, 0.3) is 0 Å². The maximum atomic E-state index is 9.95. The van der Waals surface area contributed by atoms with E-state index in [-0.39, 0.29) is 6.04 Å². The number of carbonyl (C=O) groups is 1. The number of hydroxylamine groups is 2. The predicted octanol–water partition coefficient (Wildman–Crippen LogP) is -1.19. The Kier molecular flexibility index (Phi) is 1.57. The van der Waals surface area contributed by atoms with Crippen molar-refractivity contribution >= 4 is 6.29 Å². The third kappa shape index (κ3) is 1.03. The summed E-state index contributed by atoms with van der Waals surface area (Å²) < 4.78 is 0. The molecule has 1 fully saturated rings. The minimum Gasteiger partial charge on any atom is -0.313 e. The SMILES string of the molecule is O=CC1CN(O)CN1. The van der Waals surface area contributed by atoms with Crippen molar-refractivity contribution in [1.29, 1.82) is 0 Å². The number of rotatable bonds is 1. The van der Waals surface area contributed by atoms with Gasteiger partial charge in [0.05, 0.1) is 12.7 Å². The summed E-state index contributed by atoms with van der Waals surface area (Å²) in [5, 5.41) is 12.5. The normalized spacial score (nSPS) is 30.9. The van der Waals surface area contributed by atoms with Crippen LogP contribution in [0.2, 0.25) is 0 Å². The lowest BCUT2D eigenvalue weighted by molar-refractivity contribution is -0.110. The first kappa shape index (κ1) is 5.68. The second-order valence-electron chi connectivity index (χ2n) is 1.79. The Morgan fingerprint density at radius 1 is 1.88 bits per heavy atom. The lowest BCUT2D eigenvalue weighted by atomic mass is 10.4. The number of aldehydes is 1. The van der Waals surface area contributed by atoms with Gasteiger partial charge in [0.1, 0.15) is 6.29 Å². The number of nitrogens with one attached hydrogen (secondary N) is 1. The van der Waals surface area contributed by atoms with Gasteiger partial charge >= 0.3 is 0 Å². The van der Waals surface area contributed by atoms with Gasteiger partial charge < -0.3 is 10.0 Å². The summed E-state index contributed by atoms with van der Waals surface area (Å²) in [6.45, 7) is 0.799. The van der Waals surface area contributed by atoms with Gasteiger partial charge in [0.2, 0.25) is 0 Å². The summed E-state index contributed by atoms with van der Waals surface area (Å²) in [6.07, 6.45) is 0.788. The van der Waals surface area contributed by atoms with Crippen molar-refractivity contribution in [3.63, 3.8) is 0 Å². The van der Waals surface area contributed by atoms with E-state index in [4.69, 9.17) is 5.21 Å². The molecule has 1 aliphatic heterocycles. The molecule has 0 aliphatic carbocycles. The second-order valence-corrected chi connectivity index (χ2v) is 1.79. The molecule has 46 valence electrons. The summed E-state index contributed by atoms with van der Waals surface area (Å²) in [5.41, 5.74) is 0. The first-order valence-corrected chi connectivity index (χ1v) is 2.45. The highest BCUT2D eigenvalue weighted by Crippen LogP contribution is 1.91. The number of carbonyl (C=O) groups excluding carboxylic acids is 1. The van der Waals surface area contributed by atoms with Crippen molar-refractivity contribution in [2.75, 3.05) is 13.2 Å². The highest BCUT2D eigenvalue weighted by atomic mass is 16.5. The van der Waals surface area contributed by atoms with E-state index < -0.39 is 0 Å². The third-order valence-corrected chi connectivity index (χ3v) is 1.11. The summed E-state index contributed by atoms with van der Waals surface area (Å²) in [7, 11) is 0. The van der Waals surface area contributed by atoms with Gasteiger partial charge in [-0.15, -0.1) is 0 Å². The molecule has 1 atom stereocenters. The van der Waals surface area contributed by atoms with Gasteiger partial charge in [-0.3, -0.25) is 5.32 Å². The molecule has 1 saturated heterocycles. The molecule has 1 aliphatic rings. The van der Waals surface area contributed by atoms with Crippen LogP contribution < -0.4 is 5.32 Å². The smallest absolute Gasteiger partial charge is 0.138 e. The molecule has 2 N–H and O–H groups in total. The van der Waals surface area contributed by atoms with Crippen LogP contribution in [0.25, 0.3) is 0 Å². The monoisotopic (exact) mass is 116 g/mol. The maximum absolute atomic E-state index is 9.95. The van der Waals surface area contributed by atoms with Crippen LogP contribution in [0.4, 0.5) is 0 Å². The van der Waals surface area contributed by atoms with Gasteiger partial charge in [0, 0.05) is 6.54 Å². The second kappa shape index (κ2) is 2.21. The fraction of sp³-hybridized carbons (Fsp3) is 0.750. The maximum Gasteiger partial charge on any atom is 0.138 e. The first-order chi connectivity index (χ1) is 3.83. The largest absolute Gasteiger partial charge is 0.313 e. The van der Waals surface area contributed by atoms with E-state index in [1.165, 1.54) is 0 Å². The van der Waals surface area contributed by atoms with Crippen LogP contribution in [-0.4, -0.2) is 35.8 Å². The molecular weight excluding hydrogens is 108 g/mol. The zero-order valence-electron chi connectivity index (χ0n) is 4.37. The molecule has 0 aromatic rings. The summed E-state index contributed by atoms with van der Waals surface area (Å²) >= 11 is 0. The summed E-state index contributed by atoms with van der Waals surface area (Å²) in [6, 6.07) is -0.181. The Balaban J connectivity index is 2.32. The Bertz CT molecular complexity index is 96.0. The van der Waals surface area contributed by atoms with Gasteiger partial charge in [0.15, 0.2) is 0 Å². The molecule has 1 unspecified atom stereocenters.